The van der Waals surface area contributed by atoms with Crippen molar-refractivity contribution in [3.05, 3.63) is 95.0 Å². The molecule has 0 radical (unpaired) electrons. The van der Waals surface area contributed by atoms with Crippen molar-refractivity contribution in [1.29, 1.82) is 0 Å². The molecule has 1 heterocycles. The smallest absolute Gasteiger partial charge is 0.0541 e. The second-order valence-corrected chi connectivity index (χ2v) is 7.58. The molecule has 3 aromatic carbocycles. The Kier molecular flexibility index (Phi) is 3.79. The van der Waals surface area contributed by atoms with Crippen molar-refractivity contribution in [2.45, 2.75) is 12.8 Å². The number of rotatable bonds is 2. The lowest BCUT2D eigenvalue weighted by Crippen LogP contribution is -2.03. The van der Waals surface area contributed by atoms with Gasteiger partial charge in [-0.2, -0.15) is 0 Å². The summed E-state index contributed by atoms with van der Waals surface area (Å²) in [7, 11) is 0. The van der Waals surface area contributed by atoms with E-state index in [0.717, 1.165) is 17.3 Å². The highest BCUT2D eigenvalue weighted by Crippen LogP contribution is 2.38. The molecule has 0 aliphatic heterocycles. The minimum Gasteiger partial charge on any atom is -0.309 e. The van der Waals surface area contributed by atoms with Crippen molar-refractivity contribution in [1.82, 2.24) is 4.57 Å². The van der Waals surface area contributed by atoms with Gasteiger partial charge in [0.05, 0.1) is 11.0 Å². The predicted octanol–water partition coefficient (Wildman–Crippen LogP) is 7.28. The van der Waals surface area contributed by atoms with E-state index in [2.05, 4.69) is 105 Å². The zero-order chi connectivity index (χ0) is 17.5. The molecule has 0 atom stereocenters. The van der Waals surface area contributed by atoms with Crippen molar-refractivity contribution in [3.63, 3.8) is 0 Å². The van der Waals surface area contributed by atoms with Crippen LogP contribution < -0.4 is 0 Å². The first-order chi connectivity index (χ1) is 12.8. The van der Waals surface area contributed by atoms with Crippen molar-refractivity contribution in [3.8, 4) is 0 Å². The number of fused-ring (bicyclic) bond motifs is 3. The molecule has 4 aromatic rings. The maximum atomic E-state index is 3.55. The van der Waals surface area contributed by atoms with Gasteiger partial charge < -0.3 is 4.57 Å². The number of allylic oxidation sites excluding steroid dienone is 4. The Morgan fingerprint density at radius 3 is 1.88 bits per heavy atom. The largest absolute Gasteiger partial charge is 0.309 e. The van der Waals surface area contributed by atoms with Crippen LogP contribution in [0, 0.1) is 0 Å². The molecule has 0 saturated carbocycles. The molecule has 26 heavy (non-hydrogen) atoms. The quantitative estimate of drug-likeness (QED) is 0.333. The van der Waals surface area contributed by atoms with Crippen LogP contribution in [-0.4, -0.2) is 4.57 Å². The highest BCUT2D eigenvalue weighted by molar-refractivity contribution is 9.10. The number of para-hydroxylation sites is 2. The summed E-state index contributed by atoms with van der Waals surface area (Å²) in [6.45, 7) is 0. The van der Waals surface area contributed by atoms with Crippen molar-refractivity contribution >= 4 is 49.0 Å². The third-order valence-corrected chi connectivity index (χ3v) is 5.63. The van der Waals surface area contributed by atoms with E-state index in [1.165, 1.54) is 38.6 Å². The van der Waals surface area contributed by atoms with Gasteiger partial charge in [0, 0.05) is 26.5 Å². The molecule has 0 N–H and O–H groups in total. The molecule has 2 heteroatoms. The fraction of sp³-hybridized carbons (Fsp3) is 0.0833. The second-order valence-electron chi connectivity index (χ2n) is 6.66. The number of halogens is 1. The molecule has 5 rings (SSSR count). The molecule has 0 saturated heterocycles. The van der Waals surface area contributed by atoms with E-state index in [4.69, 9.17) is 0 Å². The highest BCUT2D eigenvalue weighted by Gasteiger charge is 2.18. The van der Waals surface area contributed by atoms with Gasteiger partial charge in [-0.1, -0.05) is 76.6 Å². The Morgan fingerprint density at radius 2 is 1.23 bits per heavy atom. The van der Waals surface area contributed by atoms with Gasteiger partial charge in [-0.25, -0.2) is 0 Å². The van der Waals surface area contributed by atoms with Crippen molar-refractivity contribution in [2.75, 3.05) is 0 Å². The summed E-state index contributed by atoms with van der Waals surface area (Å²) < 4.78 is 3.54. The van der Waals surface area contributed by atoms with E-state index in [9.17, 15) is 0 Å². The van der Waals surface area contributed by atoms with Crippen LogP contribution in [0.1, 0.15) is 18.4 Å². The molecule has 0 unspecified atom stereocenters. The van der Waals surface area contributed by atoms with Crippen molar-refractivity contribution < 1.29 is 0 Å². The maximum absolute atomic E-state index is 3.55. The molecule has 0 fully saturated rings. The summed E-state index contributed by atoms with van der Waals surface area (Å²) in [5.74, 6) is 0. The molecule has 1 nitrogen and oxygen atoms in total. The van der Waals surface area contributed by atoms with E-state index in [-0.39, 0.29) is 0 Å². The SMILES string of the molecule is Brc1ccc(C2=CCCC=C2n2c3ccccc3c3ccccc32)cc1. The van der Waals surface area contributed by atoms with Crippen LogP contribution in [0.4, 0.5) is 0 Å². The monoisotopic (exact) mass is 399 g/mol. The summed E-state index contributed by atoms with van der Waals surface area (Å²) in [6.07, 6.45) is 6.93. The number of hydrogen-bond donors (Lipinski definition) is 0. The number of benzene rings is 3. The topological polar surface area (TPSA) is 4.93 Å². The second kappa shape index (κ2) is 6.30. The minimum absolute atomic E-state index is 1.08. The molecule has 0 amide bonds. The Bertz CT molecular complexity index is 1120. The standard InChI is InChI=1S/C24H18BrN/c25-18-15-13-17(14-16-18)19-7-1-4-10-22(19)26-23-11-5-2-8-20(23)21-9-3-6-12-24(21)26/h2-3,5-16H,1,4H2. The number of aromatic nitrogens is 1. The molecule has 126 valence electrons. The zero-order valence-corrected chi connectivity index (χ0v) is 15.9. The third kappa shape index (κ3) is 2.45. The number of hydrogen-bond acceptors (Lipinski definition) is 0. The lowest BCUT2D eigenvalue weighted by molar-refractivity contribution is 1.02. The Labute approximate surface area is 161 Å². The van der Waals surface area contributed by atoms with Gasteiger partial charge in [0.25, 0.3) is 0 Å². The van der Waals surface area contributed by atoms with Gasteiger partial charge in [0.2, 0.25) is 0 Å². The molecule has 0 bridgehead atoms. The van der Waals surface area contributed by atoms with Crippen LogP contribution in [0.5, 0.6) is 0 Å². The predicted molar refractivity (Wildman–Crippen MR) is 115 cm³/mol. The van der Waals surface area contributed by atoms with Crippen LogP contribution in [-0.2, 0) is 0 Å². The average molecular weight is 400 g/mol. The molecular weight excluding hydrogens is 382 g/mol. The maximum Gasteiger partial charge on any atom is 0.0541 e. The Morgan fingerprint density at radius 1 is 0.654 bits per heavy atom. The van der Waals surface area contributed by atoms with Gasteiger partial charge >= 0.3 is 0 Å². The highest BCUT2D eigenvalue weighted by atomic mass is 79.9. The van der Waals surface area contributed by atoms with E-state index < -0.39 is 0 Å². The third-order valence-electron chi connectivity index (χ3n) is 5.10. The van der Waals surface area contributed by atoms with Crippen LogP contribution in [0.25, 0.3) is 33.1 Å². The zero-order valence-electron chi connectivity index (χ0n) is 14.3. The Hall–Kier alpha value is -2.58. The van der Waals surface area contributed by atoms with Gasteiger partial charge in [-0.05, 0) is 42.7 Å². The van der Waals surface area contributed by atoms with Gasteiger partial charge in [-0.3, -0.25) is 0 Å². The summed E-state index contributed by atoms with van der Waals surface area (Å²) in [4.78, 5) is 0. The van der Waals surface area contributed by atoms with Gasteiger partial charge in [0.15, 0.2) is 0 Å². The first-order valence-corrected chi connectivity index (χ1v) is 9.77. The van der Waals surface area contributed by atoms with E-state index >= 15 is 0 Å². The van der Waals surface area contributed by atoms with Crippen LogP contribution in [0.2, 0.25) is 0 Å². The minimum atomic E-state index is 1.08. The lowest BCUT2D eigenvalue weighted by Gasteiger charge is -2.20. The van der Waals surface area contributed by atoms with E-state index in [1.807, 2.05) is 0 Å². The van der Waals surface area contributed by atoms with Gasteiger partial charge in [0.1, 0.15) is 0 Å². The van der Waals surface area contributed by atoms with Crippen LogP contribution >= 0.6 is 15.9 Å². The van der Waals surface area contributed by atoms with Crippen LogP contribution in [0.3, 0.4) is 0 Å². The molecule has 0 spiro atoms. The average Bonchev–Trinajstić information content (AvgIpc) is 3.03. The molecule has 1 aliphatic rings. The summed E-state index contributed by atoms with van der Waals surface area (Å²) in [5.41, 5.74) is 6.40. The molecular formula is C24H18BrN. The molecule has 1 aromatic heterocycles. The fourth-order valence-electron chi connectivity index (χ4n) is 3.95. The molecule has 1 aliphatic carbocycles. The summed E-state index contributed by atoms with van der Waals surface area (Å²) in [6, 6.07) is 26.0. The first-order valence-electron chi connectivity index (χ1n) is 8.98. The van der Waals surface area contributed by atoms with E-state index in [1.54, 1.807) is 0 Å². The summed E-state index contributed by atoms with van der Waals surface area (Å²) in [5, 5.41) is 2.62. The van der Waals surface area contributed by atoms with Crippen LogP contribution in [0.15, 0.2) is 89.4 Å². The van der Waals surface area contributed by atoms with Crippen molar-refractivity contribution in [2.24, 2.45) is 0 Å². The summed E-state index contributed by atoms with van der Waals surface area (Å²) >= 11 is 3.55. The fourth-order valence-corrected chi connectivity index (χ4v) is 4.22. The number of nitrogens with zero attached hydrogens (tertiary/aromatic N) is 1. The first kappa shape index (κ1) is 15.7. The van der Waals surface area contributed by atoms with E-state index in [0.29, 0.717) is 0 Å². The Balaban J connectivity index is 1.79. The normalized spacial score (nSPS) is 14.5. The lowest BCUT2D eigenvalue weighted by atomic mass is 9.96. The van der Waals surface area contributed by atoms with Gasteiger partial charge in [-0.15, -0.1) is 0 Å².